The maximum absolute atomic E-state index is 12.3. The fourth-order valence-electron chi connectivity index (χ4n) is 4.42. The first-order valence-corrected chi connectivity index (χ1v) is 11.5. The molecule has 1 amide bonds. The second kappa shape index (κ2) is 8.35. The molecule has 1 aliphatic heterocycles. The summed E-state index contributed by atoms with van der Waals surface area (Å²) < 4.78 is 2.09. The van der Waals surface area contributed by atoms with Gasteiger partial charge in [0.25, 0.3) is 5.91 Å². The molecule has 3 aromatic heterocycles. The van der Waals surface area contributed by atoms with Gasteiger partial charge in [0.15, 0.2) is 0 Å². The first kappa shape index (κ1) is 21.2. The normalized spacial score (nSPS) is 15.9. The lowest BCUT2D eigenvalue weighted by Gasteiger charge is -2.51. The fourth-order valence-corrected chi connectivity index (χ4v) is 4.42. The van der Waals surface area contributed by atoms with Crippen LogP contribution >= 0.6 is 0 Å². The zero-order chi connectivity index (χ0) is 23.0. The highest BCUT2D eigenvalue weighted by Crippen LogP contribution is 2.37. The van der Waals surface area contributed by atoms with Gasteiger partial charge < -0.3 is 15.2 Å². The average Bonchev–Trinajstić information content (AvgIpc) is 3.49. The Morgan fingerprint density at radius 1 is 1.18 bits per heavy atom. The minimum Gasteiger partial charge on any atom is -0.367 e. The Bertz CT molecular complexity index is 1270. The van der Waals surface area contributed by atoms with E-state index in [1.165, 1.54) is 0 Å². The summed E-state index contributed by atoms with van der Waals surface area (Å²) in [6.07, 6.45) is 9.34. The summed E-state index contributed by atoms with van der Waals surface area (Å²) in [5, 5.41) is 8.73. The van der Waals surface area contributed by atoms with E-state index in [4.69, 9.17) is 5.10 Å². The van der Waals surface area contributed by atoms with Crippen LogP contribution in [0.5, 0.6) is 0 Å². The minimum atomic E-state index is -0.0604. The second-order valence-corrected chi connectivity index (χ2v) is 8.90. The summed E-state index contributed by atoms with van der Waals surface area (Å²) in [6, 6.07) is 10.0. The Hall–Kier alpha value is -3.68. The van der Waals surface area contributed by atoms with Gasteiger partial charge in [-0.3, -0.25) is 9.48 Å². The quantitative estimate of drug-likeness (QED) is 0.451. The summed E-state index contributed by atoms with van der Waals surface area (Å²) in [6.45, 7) is 8.02. The molecule has 1 saturated heterocycles. The Labute approximate surface area is 193 Å². The number of benzene rings is 1. The van der Waals surface area contributed by atoms with Crippen molar-refractivity contribution in [3.63, 3.8) is 0 Å². The van der Waals surface area contributed by atoms with Crippen molar-refractivity contribution in [2.45, 2.75) is 45.2 Å². The van der Waals surface area contributed by atoms with Crippen molar-refractivity contribution >= 4 is 22.6 Å². The number of fused-ring (bicyclic) bond motifs is 1. The van der Waals surface area contributed by atoms with Gasteiger partial charge in [0, 0.05) is 53.7 Å². The van der Waals surface area contributed by atoms with E-state index in [2.05, 4.69) is 49.9 Å². The highest BCUT2D eigenvalue weighted by Gasteiger charge is 2.44. The van der Waals surface area contributed by atoms with Crippen LogP contribution in [0.25, 0.3) is 22.3 Å². The van der Waals surface area contributed by atoms with E-state index in [-0.39, 0.29) is 17.5 Å². The molecule has 1 aromatic carbocycles. The van der Waals surface area contributed by atoms with E-state index < -0.39 is 0 Å². The number of hydrogen-bond donors (Lipinski definition) is 2. The Balaban J connectivity index is 1.31. The van der Waals surface area contributed by atoms with E-state index in [1.54, 1.807) is 6.33 Å². The molecule has 2 N–H and O–H groups in total. The molecule has 4 aromatic rings. The number of nitrogens with one attached hydrogen (secondary N) is 2. The van der Waals surface area contributed by atoms with Crippen molar-refractivity contribution in [1.82, 2.24) is 30.0 Å². The van der Waals surface area contributed by atoms with Gasteiger partial charge in [-0.1, -0.05) is 13.8 Å². The number of rotatable bonds is 7. The first-order chi connectivity index (χ1) is 16.0. The lowest BCUT2D eigenvalue weighted by atomic mass is 9.86. The Kier molecular flexibility index (Phi) is 5.36. The van der Waals surface area contributed by atoms with E-state index in [0.29, 0.717) is 5.56 Å². The van der Waals surface area contributed by atoms with Gasteiger partial charge in [-0.25, -0.2) is 9.97 Å². The number of nitrogens with zero attached hydrogens (tertiary/aromatic N) is 5. The molecule has 0 bridgehead atoms. The van der Waals surface area contributed by atoms with Crippen LogP contribution in [0.4, 0.5) is 5.69 Å². The number of H-pyrrole nitrogens is 1. The molecule has 0 aliphatic carbocycles. The molecular formula is C25H29N7O. The fraction of sp³-hybridized carbons (Fsp3) is 0.360. The Morgan fingerprint density at radius 2 is 1.97 bits per heavy atom. The van der Waals surface area contributed by atoms with E-state index in [0.717, 1.165) is 53.9 Å². The highest BCUT2D eigenvalue weighted by molar-refractivity contribution is 5.94. The molecule has 0 saturated carbocycles. The molecule has 0 unspecified atom stereocenters. The number of anilines is 1. The van der Waals surface area contributed by atoms with E-state index in [9.17, 15) is 4.79 Å². The number of hydrogen-bond acceptors (Lipinski definition) is 5. The second-order valence-electron chi connectivity index (χ2n) is 8.90. The van der Waals surface area contributed by atoms with Crippen molar-refractivity contribution in [1.29, 1.82) is 0 Å². The Morgan fingerprint density at radius 3 is 2.70 bits per heavy atom. The highest BCUT2D eigenvalue weighted by atomic mass is 16.1. The number of carbonyl (C=O) groups is 1. The van der Waals surface area contributed by atoms with Crippen LogP contribution in [0.15, 0.2) is 55.2 Å². The number of amides is 1. The molecule has 170 valence electrons. The topological polar surface area (TPSA) is 91.7 Å². The first-order valence-electron chi connectivity index (χ1n) is 11.5. The lowest BCUT2D eigenvalue weighted by molar-refractivity contribution is 0.0939. The van der Waals surface area contributed by atoms with Crippen molar-refractivity contribution in [2.24, 2.45) is 0 Å². The molecule has 33 heavy (non-hydrogen) atoms. The minimum absolute atomic E-state index is 0.0206. The largest absolute Gasteiger partial charge is 0.367 e. The molecule has 0 spiro atoms. The van der Waals surface area contributed by atoms with Crippen molar-refractivity contribution in [3.05, 3.63) is 60.8 Å². The molecule has 4 heterocycles. The van der Waals surface area contributed by atoms with Gasteiger partial charge >= 0.3 is 0 Å². The summed E-state index contributed by atoms with van der Waals surface area (Å²) in [5.41, 5.74) is 4.46. The maximum Gasteiger partial charge on any atom is 0.251 e. The molecule has 8 heteroatoms. The number of carbonyl (C=O) groups excluding carboxylic acids is 1. The van der Waals surface area contributed by atoms with Gasteiger partial charge in [-0.15, -0.1) is 0 Å². The van der Waals surface area contributed by atoms with Gasteiger partial charge in [0.05, 0.1) is 17.4 Å². The van der Waals surface area contributed by atoms with Crippen molar-refractivity contribution in [2.75, 3.05) is 18.0 Å². The third-order valence-electron chi connectivity index (χ3n) is 6.81. The predicted molar refractivity (Wildman–Crippen MR) is 129 cm³/mol. The third-order valence-corrected chi connectivity index (χ3v) is 6.81. The molecular weight excluding hydrogens is 414 g/mol. The van der Waals surface area contributed by atoms with Crippen LogP contribution in [0.3, 0.4) is 0 Å². The average molecular weight is 444 g/mol. The predicted octanol–water partition coefficient (Wildman–Crippen LogP) is 3.98. The van der Waals surface area contributed by atoms with Crippen molar-refractivity contribution < 1.29 is 4.79 Å². The monoisotopic (exact) mass is 443 g/mol. The van der Waals surface area contributed by atoms with Crippen LogP contribution in [0.1, 0.15) is 44.0 Å². The SMILES string of the molecule is CC[C@@H](C)NC(=O)c1ccc(N2CC(CC)(n3cc(-c4ncnc5[nH]ccc45)cn3)C2)cc1. The maximum atomic E-state index is 12.3. The summed E-state index contributed by atoms with van der Waals surface area (Å²) >= 11 is 0. The van der Waals surface area contributed by atoms with Gasteiger partial charge in [0.1, 0.15) is 12.0 Å². The van der Waals surface area contributed by atoms with Gasteiger partial charge in [-0.2, -0.15) is 5.10 Å². The van der Waals surface area contributed by atoms with Crippen LogP contribution in [0.2, 0.25) is 0 Å². The molecule has 5 rings (SSSR count). The summed E-state index contributed by atoms with van der Waals surface area (Å²) in [5.74, 6) is -0.0206. The summed E-state index contributed by atoms with van der Waals surface area (Å²) in [4.78, 5) is 26.6. The van der Waals surface area contributed by atoms with Crippen LogP contribution < -0.4 is 10.2 Å². The van der Waals surface area contributed by atoms with E-state index >= 15 is 0 Å². The van der Waals surface area contributed by atoms with Crippen molar-refractivity contribution in [3.8, 4) is 11.3 Å². The zero-order valence-corrected chi connectivity index (χ0v) is 19.2. The van der Waals surface area contributed by atoms with Gasteiger partial charge in [-0.05, 0) is 50.1 Å². The van der Waals surface area contributed by atoms with E-state index in [1.807, 2.05) is 49.6 Å². The summed E-state index contributed by atoms with van der Waals surface area (Å²) in [7, 11) is 0. The van der Waals surface area contributed by atoms with Crippen LogP contribution in [0, 0.1) is 0 Å². The molecule has 1 fully saturated rings. The van der Waals surface area contributed by atoms with Crippen LogP contribution in [-0.4, -0.2) is 49.8 Å². The molecule has 8 nitrogen and oxygen atoms in total. The van der Waals surface area contributed by atoms with Gasteiger partial charge in [0.2, 0.25) is 0 Å². The molecule has 1 atom stereocenters. The zero-order valence-electron chi connectivity index (χ0n) is 19.2. The third kappa shape index (κ3) is 3.75. The van der Waals surface area contributed by atoms with Crippen LogP contribution in [-0.2, 0) is 5.54 Å². The smallest absolute Gasteiger partial charge is 0.251 e. The number of aromatic amines is 1. The standard InChI is InChI=1S/C25H29N7O/c1-4-17(3)30-24(33)18-6-8-20(9-7-18)31-14-25(5-2,15-31)32-13-19(12-29-32)22-21-10-11-26-23(21)28-16-27-22/h6-13,16-17H,4-5,14-15H2,1-3H3,(H,30,33)(H,26,27,28)/t17-/m1/s1. The lowest BCUT2D eigenvalue weighted by Crippen LogP contribution is -2.62. The number of aromatic nitrogens is 5. The molecule has 0 radical (unpaired) electrons. The molecule has 1 aliphatic rings.